The average Bonchev–Trinajstić information content (AvgIpc) is 3.02. The normalized spacial score (nSPS) is 10.6. The molecule has 0 radical (unpaired) electrons. The monoisotopic (exact) mass is 343 g/mol. The van der Waals surface area contributed by atoms with Gasteiger partial charge in [0.05, 0.1) is 23.1 Å². The second-order valence-corrected chi connectivity index (χ2v) is 5.09. The van der Waals surface area contributed by atoms with Crippen molar-refractivity contribution in [2.75, 3.05) is 13.7 Å². The number of hydrogen-bond acceptors (Lipinski definition) is 6. The predicted octanol–water partition coefficient (Wildman–Crippen LogP) is 2.61. The number of nitro benzene ring substituents is 1. The SMILES string of the molecule is COc1cc(-c2nc3ccc([N+](=O)[O-])cc3[nH]2)ccc1OCC(=O)O. The molecule has 0 fully saturated rings. The third kappa shape index (κ3) is 3.34. The van der Waals surface area contributed by atoms with Crippen molar-refractivity contribution in [2.45, 2.75) is 0 Å². The van der Waals surface area contributed by atoms with Crippen LogP contribution >= 0.6 is 0 Å². The number of aromatic amines is 1. The highest BCUT2D eigenvalue weighted by molar-refractivity contribution is 5.81. The number of nitrogens with zero attached hydrogens (tertiary/aromatic N) is 2. The van der Waals surface area contributed by atoms with E-state index in [2.05, 4.69) is 9.97 Å². The average molecular weight is 343 g/mol. The zero-order valence-corrected chi connectivity index (χ0v) is 13.1. The lowest BCUT2D eigenvalue weighted by molar-refractivity contribution is -0.384. The predicted molar refractivity (Wildman–Crippen MR) is 87.9 cm³/mol. The van der Waals surface area contributed by atoms with Crippen LogP contribution in [0.4, 0.5) is 5.69 Å². The molecule has 0 spiro atoms. The largest absolute Gasteiger partial charge is 0.493 e. The summed E-state index contributed by atoms with van der Waals surface area (Å²) in [5.74, 6) is 0.0502. The summed E-state index contributed by atoms with van der Waals surface area (Å²) in [6.07, 6.45) is 0. The maximum absolute atomic E-state index is 10.9. The van der Waals surface area contributed by atoms with Gasteiger partial charge in [-0.25, -0.2) is 9.78 Å². The summed E-state index contributed by atoms with van der Waals surface area (Å²) in [6.45, 7) is -0.482. The second kappa shape index (κ2) is 6.48. The van der Waals surface area contributed by atoms with E-state index in [9.17, 15) is 14.9 Å². The van der Waals surface area contributed by atoms with E-state index in [4.69, 9.17) is 14.6 Å². The number of aromatic nitrogens is 2. The van der Waals surface area contributed by atoms with Crippen molar-refractivity contribution in [3.63, 3.8) is 0 Å². The first-order chi connectivity index (χ1) is 12.0. The van der Waals surface area contributed by atoms with Crippen LogP contribution in [0.15, 0.2) is 36.4 Å². The molecule has 0 unspecified atom stereocenters. The Morgan fingerprint density at radius 3 is 2.76 bits per heavy atom. The third-order valence-corrected chi connectivity index (χ3v) is 3.46. The maximum Gasteiger partial charge on any atom is 0.341 e. The van der Waals surface area contributed by atoms with Crippen molar-refractivity contribution in [3.8, 4) is 22.9 Å². The number of imidazole rings is 1. The summed E-state index contributed by atoms with van der Waals surface area (Å²) >= 11 is 0. The van der Waals surface area contributed by atoms with Crippen molar-refractivity contribution in [2.24, 2.45) is 0 Å². The van der Waals surface area contributed by atoms with E-state index in [0.717, 1.165) is 0 Å². The number of fused-ring (bicyclic) bond motifs is 1. The number of benzene rings is 2. The first-order valence-corrected chi connectivity index (χ1v) is 7.15. The fourth-order valence-corrected chi connectivity index (χ4v) is 2.32. The summed E-state index contributed by atoms with van der Waals surface area (Å²) in [4.78, 5) is 28.4. The molecule has 0 bridgehead atoms. The van der Waals surface area contributed by atoms with Crippen molar-refractivity contribution < 1.29 is 24.3 Å². The van der Waals surface area contributed by atoms with Gasteiger partial charge < -0.3 is 19.6 Å². The van der Waals surface area contributed by atoms with E-state index in [1.807, 2.05) is 0 Å². The lowest BCUT2D eigenvalue weighted by Crippen LogP contribution is -2.10. The van der Waals surface area contributed by atoms with E-state index in [0.29, 0.717) is 33.9 Å². The molecule has 9 heteroatoms. The summed E-state index contributed by atoms with van der Waals surface area (Å²) in [7, 11) is 1.44. The Balaban J connectivity index is 1.96. The zero-order chi connectivity index (χ0) is 18.0. The lowest BCUT2D eigenvalue weighted by Gasteiger charge is -2.10. The first kappa shape index (κ1) is 16.2. The minimum Gasteiger partial charge on any atom is -0.493 e. The number of carboxylic acid groups (broad SMARTS) is 1. The second-order valence-electron chi connectivity index (χ2n) is 5.09. The Kier molecular flexibility index (Phi) is 4.21. The van der Waals surface area contributed by atoms with Gasteiger partial charge in [-0.1, -0.05) is 0 Å². The number of carbonyl (C=O) groups is 1. The molecular weight excluding hydrogens is 330 g/mol. The highest BCUT2D eigenvalue weighted by Gasteiger charge is 2.13. The highest BCUT2D eigenvalue weighted by atomic mass is 16.6. The topological polar surface area (TPSA) is 128 Å². The number of rotatable bonds is 6. The number of nitrogens with one attached hydrogen (secondary N) is 1. The van der Waals surface area contributed by atoms with Crippen LogP contribution in [0, 0.1) is 10.1 Å². The van der Waals surface area contributed by atoms with Crippen molar-refractivity contribution >= 4 is 22.7 Å². The molecule has 2 N–H and O–H groups in total. The Morgan fingerprint density at radius 1 is 1.28 bits per heavy atom. The number of H-pyrrole nitrogens is 1. The van der Waals surface area contributed by atoms with Gasteiger partial charge in [0.1, 0.15) is 5.82 Å². The summed E-state index contributed by atoms with van der Waals surface area (Å²) in [6, 6.07) is 9.26. The Hall–Kier alpha value is -3.62. The molecule has 0 aliphatic rings. The first-order valence-electron chi connectivity index (χ1n) is 7.15. The third-order valence-electron chi connectivity index (χ3n) is 3.46. The molecule has 1 heterocycles. The summed E-state index contributed by atoms with van der Waals surface area (Å²) in [5, 5.41) is 19.5. The number of nitro groups is 1. The van der Waals surface area contributed by atoms with Gasteiger partial charge >= 0.3 is 5.97 Å². The van der Waals surface area contributed by atoms with Gasteiger partial charge in [0.25, 0.3) is 5.69 Å². The summed E-state index contributed by atoms with van der Waals surface area (Å²) < 4.78 is 10.4. The van der Waals surface area contributed by atoms with Crippen LogP contribution in [0.5, 0.6) is 11.5 Å². The minimum atomic E-state index is -1.09. The standard InChI is InChI=1S/C16H13N3O6/c1-24-14-6-9(2-5-13(14)25-8-15(20)21)16-17-11-4-3-10(19(22)23)7-12(11)18-16/h2-7H,8H2,1H3,(H,17,18)(H,20,21). The quantitative estimate of drug-likeness (QED) is 0.520. The fraction of sp³-hybridized carbons (Fsp3) is 0.125. The molecule has 3 aromatic rings. The van der Waals surface area contributed by atoms with E-state index >= 15 is 0 Å². The summed E-state index contributed by atoms with van der Waals surface area (Å²) in [5.41, 5.74) is 1.76. The molecule has 9 nitrogen and oxygen atoms in total. The van der Waals surface area contributed by atoms with Gasteiger partial charge in [-0.05, 0) is 24.3 Å². The minimum absolute atomic E-state index is 0.0299. The van der Waals surface area contributed by atoms with Crippen LogP contribution < -0.4 is 9.47 Å². The molecule has 128 valence electrons. The van der Waals surface area contributed by atoms with Gasteiger partial charge in [-0.3, -0.25) is 10.1 Å². The molecule has 1 aromatic heterocycles. The smallest absolute Gasteiger partial charge is 0.341 e. The molecule has 0 aliphatic carbocycles. The molecule has 0 saturated carbocycles. The van der Waals surface area contributed by atoms with Crippen molar-refractivity contribution in [3.05, 3.63) is 46.5 Å². The Morgan fingerprint density at radius 2 is 2.08 bits per heavy atom. The van der Waals surface area contributed by atoms with Gasteiger partial charge in [0.2, 0.25) is 0 Å². The van der Waals surface area contributed by atoms with E-state index in [1.165, 1.54) is 19.2 Å². The molecule has 3 rings (SSSR count). The maximum atomic E-state index is 10.9. The van der Waals surface area contributed by atoms with E-state index in [-0.39, 0.29) is 5.69 Å². The van der Waals surface area contributed by atoms with Crippen LogP contribution in [0.3, 0.4) is 0 Å². The van der Waals surface area contributed by atoms with Gasteiger partial charge in [-0.15, -0.1) is 0 Å². The van der Waals surface area contributed by atoms with Crippen LogP contribution in [-0.2, 0) is 4.79 Å². The van der Waals surface area contributed by atoms with Gasteiger partial charge in [0.15, 0.2) is 18.1 Å². The van der Waals surface area contributed by atoms with Crippen LogP contribution in [0.25, 0.3) is 22.4 Å². The van der Waals surface area contributed by atoms with Crippen molar-refractivity contribution in [1.29, 1.82) is 0 Å². The number of methoxy groups -OCH3 is 1. The number of carboxylic acids is 1. The van der Waals surface area contributed by atoms with Crippen LogP contribution in [0.2, 0.25) is 0 Å². The molecule has 0 saturated heterocycles. The molecular formula is C16H13N3O6. The Labute approximate surface area is 141 Å². The fourth-order valence-electron chi connectivity index (χ4n) is 2.32. The number of non-ortho nitro benzene ring substituents is 1. The molecule has 0 amide bonds. The Bertz CT molecular complexity index is 966. The van der Waals surface area contributed by atoms with E-state index in [1.54, 1.807) is 24.3 Å². The molecule has 0 atom stereocenters. The molecule has 25 heavy (non-hydrogen) atoms. The van der Waals surface area contributed by atoms with Gasteiger partial charge in [-0.2, -0.15) is 0 Å². The van der Waals surface area contributed by atoms with Gasteiger partial charge in [0, 0.05) is 17.7 Å². The number of aliphatic carboxylic acids is 1. The molecule has 0 aliphatic heterocycles. The van der Waals surface area contributed by atoms with E-state index < -0.39 is 17.5 Å². The number of ether oxygens (including phenoxy) is 2. The zero-order valence-electron chi connectivity index (χ0n) is 13.1. The highest BCUT2D eigenvalue weighted by Crippen LogP contribution is 2.32. The van der Waals surface area contributed by atoms with Crippen LogP contribution in [0.1, 0.15) is 0 Å². The van der Waals surface area contributed by atoms with Crippen LogP contribution in [-0.4, -0.2) is 39.7 Å². The van der Waals surface area contributed by atoms with Crippen molar-refractivity contribution in [1.82, 2.24) is 9.97 Å². The molecule has 2 aromatic carbocycles. The lowest BCUT2D eigenvalue weighted by atomic mass is 10.2. The number of hydrogen-bond donors (Lipinski definition) is 2.